The molecule has 0 fully saturated rings. The fourth-order valence-electron chi connectivity index (χ4n) is 2.47. The molecule has 0 saturated carbocycles. The lowest BCUT2D eigenvalue weighted by atomic mass is 10.1. The van der Waals surface area contributed by atoms with Gasteiger partial charge in [-0.1, -0.05) is 12.1 Å². The molecule has 0 atom stereocenters. The predicted molar refractivity (Wildman–Crippen MR) is 78.1 cm³/mol. The van der Waals surface area contributed by atoms with Crippen molar-refractivity contribution in [2.75, 3.05) is 6.26 Å². The Kier molecular flexibility index (Phi) is 3.19. The van der Waals surface area contributed by atoms with Crippen molar-refractivity contribution in [1.29, 1.82) is 0 Å². The van der Waals surface area contributed by atoms with Gasteiger partial charge in [0.15, 0.2) is 9.84 Å². The van der Waals surface area contributed by atoms with Crippen LogP contribution in [0.15, 0.2) is 23.6 Å². The number of hydrogen-bond donors (Lipinski definition) is 0. The maximum Gasteiger partial charge on any atom is 0.153 e. The Morgan fingerprint density at radius 1 is 1.26 bits per heavy atom. The highest BCUT2D eigenvalue weighted by molar-refractivity contribution is 7.90. The van der Waals surface area contributed by atoms with E-state index in [-0.39, 0.29) is 5.75 Å². The molecule has 0 radical (unpaired) electrons. The van der Waals surface area contributed by atoms with Crippen LogP contribution in [0.3, 0.4) is 0 Å². The Morgan fingerprint density at radius 3 is 2.84 bits per heavy atom. The first-order valence-corrected chi connectivity index (χ1v) is 9.19. The standard InChI is InChI=1S/C14H15NO2S2/c1-19(16,17)9-14-15-13(8-18-14)12-6-5-10-3-2-4-11(10)7-12/h5-8H,2-4,9H2,1H3. The molecule has 0 saturated heterocycles. The van der Waals surface area contributed by atoms with Crippen LogP contribution in [0.1, 0.15) is 22.6 Å². The van der Waals surface area contributed by atoms with Gasteiger partial charge in [0.2, 0.25) is 0 Å². The minimum Gasteiger partial charge on any atom is -0.240 e. The van der Waals surface area contributed by atoms with Gasteiger partial charge in [-0.15, -0.1) is 11.3 Å². The number of hydrogen-bond acceptors (Lipinski definition) is 4. The number of fused-ring (bicyclic) bond motifs is 1. The summed E-state index contributed by atoms with van der Waals surface area (Å²) in [5, 5.41) is 2.61. The van der Waals surface area contributed by atoms with Crippen LogP contribution in [0.5, 0.6) is 0 Å². The quantitative estimate of drug-likeness (QED) is 0.874. The van der Waals surface area contributed by atoms with Crippen LogP contribution in [-0.4, -0.2) is 19.7 Å². The van der Waals surface area contributed by atoms with E-state index in [1.54, 1.807) is 0 Å². The number of aromatic nitrogens is 1. The van der Waals surface area contributed by atoms with Crippen LogP contribution >= 0.6 is 11.3 Å². The van der Waals surface area contributed by atoms with Crippen molar-refractivity contribution in [2.45, 2.75) is 25.0 Å². The molecule has 0 bridgehead atoms. The number of benzene rings is 1. The Bertz CT molecular complexity index is 717. The molecule has 3 nitrogen and oxygen atoms in total. The molecule has 1 heterocycles. The van der Waals surface area contributed by atoms with Gasteiger partial charge >= 0.3 is 0 Å². The Hall–Kier alpha value is -1.20. The number of thiazole rings is 1. The minimum atomic E-state index is -3.01. The maximum atomic E-state index is 11.3. The summed E-state index contributed by atoms with van der Waals surface area (Å²) in [6.07, 6.45) is 4.79. The van der Waals surface area contributed by atoms with E-state index in [1.165, 1.54) is 41.6 Å². The van der Waals surface area contributed by atoms with Crippen molar-refractivity contribution in [1.82, 2.24) is 4.98 Å². The van der Waals surface area contributed by atoms with Gasteiger partial charge in [0.1, 0.15) is 10.8 Å². The van der Waals surface area contributed by atoms with E-state index >= 15 is 0 Å². The van der Waals surface area contributed by atoms with E-state index in [0.29, 0.717) is 5.01 Å². The molecule has 2 aromatic rings. The molecule has 1 aromatic heterocycles. The first-order chi connectivity index (χ1) is 9.01. The zero-order valence-corrected chi connectivity index (χ0v) is 12.4. The summed E-state index contributed by atoms with van der Waals surface area (Å²) >= 11 is 1.41. The van der Waals surface area contributed by atoms with Crippen LogP contribution < -0.4 is 0 Å². The highest BCUT2D eigenvalue weighted by atomic mass is 32.2. The third-order valence-corrected chi connectivity index (χ3v) is 5.16. The third-order valence-electron chi connectivity index (χ3n) is 3.33. The van der Waals surface area contributed by atoms with Crippen LogP contribution in [0, 0.1) is 0 Å². The molecule has 0 N–H and O–H groups in total. The van der Waals surface area contributed by atoms with E-state index < -0.39 is 9.84 Å². The second-order valence-electron chi connectivity index (χ2n) is 5.03. The van der Waals surface area contributed by atoms with Gasteiger partial charge in [-0.25, -0.2) is 13.4 Å². The monoisotopic (exact) mass is 293 g/mol. The fraction of sp³-hybridized carbons (Fsp3) is 0.357. The maximum absolute atomic E-state index is 11.3. The summed E-state index contributed by atoms with van der Waals surface area (Å²) in [6, 6.07) is 6.46. The fourth-order valence-corrected chi connectivity index (χ4v) is 4.48. The van der Waals surface area contributed by atoms with Crippen molar-refractivity contribution < 1.29 is 8.42 Å². The van der Waals surface area contributed by atoms with Crippen molar-refractivity contribution >= 4 is 21.2 Å². The van der Waals surface area contributed by atoms with Crippen molar-refractivity contribution in [3.8, 4) is 11.3 Å². The highest BCUT2D eigenvalue weighted by Gasteiger charge is 2.14. The van der Waals surface area contributed by atoms with Crippen molar-refractivity contribution in [2.24, 2.45) is 0 Å². The summed E-state index contributed by atoms with van der Waals surface area (Å²) in [5.41, 5.74) is 4.83. The molecule has 1 aliphatic rings. The van der Waals surface area contributed by atoms with Gasteiger partial charge in [-0.05, 0) is 36.5 Å². The lowest BCUT2D eigenvalue weighted by molar-refractivity contribution is 0.601. The van der Waals surface area contributed by atoms with Gasteiger partial charge in [0.05, 0.1) is 5.69 Å². The molecule has 3 rings (SSSR count). The number of rotatable bonds is 3. The third kappa shape index (κ3) is 2.87. The summed E-state index contributed by atoms with van der Waals surface area (Å²) in [5.74, 6) is 0.0304. The molecule has 0 aliphatic heterocycles. The van der Waals surface area contributed by atoms with E-state index in [0.717, 1.165) is 17.7 Å². The predicted octanol–water partition coefficient (Wildman–Crippen LogP) is 2.84. The van der Waals surface area contributed by atoms with E-state index in [9.17, 15) is 8.42 Å². The van der Waals surface area contributed by atoms with Crippen molar-refractivity contribution in [3.63, 3.8) is 0 Å². The van der Waals surface area contributed by atoms with Gasteiger partial charge in [-0.3, -0.25) is 0 Å². The van der Waals surface area contributed by atoms with Crippen LogP contribution in [0.2, 0.25) is 0 Å². The molecule has 19 heavy (non-hydrogen) atoms. The molecule has 0 unspecified atom stereocenters. The molecule has 0 amide bonds. The van der Waals surface area contributed by atoms with E-state index in [2.05, 4.69) is 23.2 Å². The molecular weight excluding hydrogens is 278 g/mol. The Labute approximate surface area is 117 Å². The average Bonchev–Trinajstić information content (AvgIpc) is 2.93. The molecule has 5 heteroatoms. The largest absolute Gasteiger partial charge is 0.240 e. The number of sulfone groups is 1. The Balaban J connectivity index is 1.90. The van der Waals surface area contributed by atoms with Crippen LogP contribution in [0.25, 0.3) is 11.3 Å². The van der Waals surface area contributed by atoms with Gasteiger partial charge in [-0.2, -0.15) is 0 Å². The van der Waals surface area contributed by atoms with Crippen molar-refractivity contribution in [3.05, 3.63) is 39.7 Å². The summed E-state index contributed by atoms with van der Waals surface area (Å²) in [6.45, 7) is 0. The van der Waals surface area contributed by atoms with Gasteiger partial charge in [0.25, 0.3) is 0 Å². The zero-order valence-electron chi connectivity index (χ0n) is 10.7. The number of nitrogens with zero attached hydrogens (tertiary/aromatic N) is 1. The highest BCUT2D eigenvalue weighted by Crippen LogP contribution is 2.29. The smallest absolute Gasteiger partial charge is 0.153 e. The van der Waals surface area contributed by atoms with Gasteiger partial charge < -0.3 is 0 Å². The average molecular weight is 293 g/mol. The zero-order chi connectivity index (χ0) is 13.5. The molecule has 1 aliphatic carbocycles. The second-order valence-corrected chi connectivity index (χ2v) is 8.12. The molecule has 0 spiro atoms. The lowest BCUT2D eigenvalue weighted by Gasteiger charge is -2.02. The second kappa shape index (κ2) is 4.72. The topological polar surface area (TPSA) is 47.0 Å². The molecule has 1 aromatic carbocycles. The molecule has 100 valence electrons. The number of aryl methyl sites for hydroxylation is 2. The molecular formula is C14H15NO2S2. The normalized spacial score (nSPS) is 14.6. The minimum absolute atomic E-state index is 0.0304. The van der Waals surface area contributed by atoms with Gasteiger partial charge in [0, 0.05) is 17.2 Å². The van der Waals surface area contributed by atoms with Crippen LogP contribution in [-0.2, 0) is 28.4 Å². The summed E-state index contributed by atoms with van der Waals surface area (Å²) < 4.78 is 22.5. The van der Waals surface area contributed by atoms with E-state index in [1.807, 2.05) is 5.38 Å². The summed E-state index contributed by atoms with van der Waals surface area (Å²) in [4.78, 5) is 4.43. The van der Waals surface area contributed by atoms with Crippen LogP contribution in [0.4, 0.5) is 0 Å². The first-order valence-electron chi connectivity index (χ1n) is 6.25. The summed E-state index contributed by atoms with van der Waals surface area (Å²) in [7, 11) is -3.01. The first kappa shape index (κ1) is 12.8. The lowest BCUT2D eigenvalue weighted by Crippen LogP contribution is -1.99. The Morgan fingerprint density at radius 2 is 2.05 bits per heavy atom. The van der Waals surface area contributed by atoms with E-state index in [4.69, 9.17) is 0 Å². The SMILES string of the molecule is CS(=O)(=O)Cc1nc(-c2ccc3c(c2)CCC3)cs1.